The second-order valence-corrected chi connectivity index (χ2v) is 6.75. The summed E-state index contributed by atoms with van der Waals surface area (Å²) in [7, 11) is -4.41. The van der Waals surface area contributed by atoms with E-state index in [-0.39, 0.29) is 17.3 Å². The third kappa shape index (κ3) is 4.76. The summed E-state index contributed by atoms with van der Waals surface area (Å²) in [4.78, 5) is -0.480. The van der Waals surface area contributed by atoms with Gasteiger partial charge in [-0.2, -0.15) is 17.5 Å². The van der Waals surface area contributed by atoms with Gasteiger partial charge in [0.15, 0.2) is 0 Å². The Hall–Kier alpha value is -0.990. The summed E-state index contributed by atoms with van der Waals surface area (Å²) in [5, 5.41) is -0.196. The molecule has 0 heterocycles. The zero-order valence-corrected chi connectivity index (χ0v) is 12.9. The van der Waals surface area contributed by atoms with E-state index >= 15 is 0 Å². The van der Waals surface area contributed by atoms with Crippen LogP contribution in [-0.4, -0.2) is 32.0 Å². The van der Waals surface area contributed by atoms with E-state index in [1.807, 2.05) is 0 Å². The molecular weight excluding hydrogens is 329 g/mol. The smallest absolute Gasteiger partial charge is 0.398 e. The number of benzene rings is 1. The third-order valence-corrected chi connectivity index (χ3v) is 5.10. The average molecular weight is 345 g/mol. The standard InChI is InChI=1S/C12H16ClF3N2O2S/c1-2-3-7-18(8-12(14,15)16)21(19,20)11-9(13)5-4-6-10(11)17/h4-6H,2-3,7-8,17H2,1H3. The van der Waals surface area contributed by atoms with Crippen molar-refractivity contribution in [2.24, 2.45) is 0 Å². The molecule has 0 aliphatic carbocycles. The molecule has 1 rings (SSSR count). The van der Waals surface area contributed by atoms with Gasteiger partial charge in [0.25, 0.3) is 0 Å². The van der Waals surface area contributed by atoms with Gasteiger partial charge in [-0.1, -0.05) is 31.0 Å². The number of sulfonamides is 1. The van der Waals surface area contributed by atoms with Crippen LogP contribution in [0.2, 0.25) is 5.02 Å². The average Bonchev–Trinajstić information content (AvgIpc) is 2.32. The molecule has 0 aliphatic rings. The zero-order chi connectivity index (χ0) is 16.3. The van der Waals surface area contributed by atoms with Gasteiger partial charge in [0.2, 0.25) is 10.0 Å². The fourth-order valence-corrected chi connectivity index (χ4v) is 3.84. The number of rotatable bonds is 6. The van der Waals surface area contributed by atoms with Crippen molar-refractivity contribution < 1.29 is 21.6 Å². The number of nitrogens with zero attached hydrogens (tertiary/aromatic N) is 1. The molecule has 0 fully saturated rings. The van der Waals surface area contributed by atoms with Crippen molar-refractivity contribution in [1.82, 2.24) is 4.31 Å². The Kier molecular flexibility index (Phi) is 5.89. The van der Waals surface area contributed by atoms with Crippen LogP contribution in [0.4, 0.5) is 18.9 Å². The molecule has 0 aromatic heterocycles. The van der Waals surface area contributed by atoms with Gasteiger partial charge in [-0.15, -0.1) is 0 Å². The van der Waals surface area contributed by atoms with Crippen LogP contribution in [0.25, 0.3) is 0 Å². The number of anilines is 1. The van der Waals surface area contributed by atoms with Crippen LogP contribution in [-0.2, 0) is 10.0 Å². The van der Waals surface area contributed by atoms with E-state index in [4.69, 9.17) is 17.3 Å². The monoisotopic (exact) mass is 344 g/mol. The number of hydrogen-bond acceptors (Lipinski definition) is 3. The maximum absolute atomic E-state index is 12.6. The highest BCUT2D eigenvalue weighted by molar-refractivity contribution is 7.89. The van der Waals surface area contributed by atoms with Gasteiger partial charge in [0.1, 0.15) is 11.4 Å². The van der Waals surface area contributed by atoms with Crippen molar-refractivity contribution in [2.75, 3.05) is 18.8 Å². The van der Waals surface area contributed by atoms with Gasteiger partial charge in [-0.05, 0) is 18.6 Å². The fraction of sp³-hybridized carbons (Fsp3) is 0.500. The van der Waals surface area contributed by atoms with Crippen LogP contribution in [0.3, 0.4) is 0 Å². The van der Waals surface area contributed by atoms with Crippen molar-refractivity contribution in [2.45, 2.75) is 30.8 Å². The summed E-state index contributed by atoms with van der Waals surface area (Å²) in [6.07, 6.45) is -3.78. The molecule has 0 amide bonds. The molecule has 0 saturated carbocycles. The number of alkyl halides is 3. The summed E-state index contributed by atoms with van der Waals surface area (Å²) in [6, 6.07) is 3.98. The van der Waals surface area contributed by atoms with Crippen LogP contribution in [0.1, 0.15) is 19.8 Å². The minimum atomic E-state index is -4.64. The molecule has 0 bridgehead atoms. The first-order valence-corrected chi connectivity index (χ1v) is 8.02. The van der Waals surface area contributed by atoms with Crippen molar-refractivity contribution in [1.29, 1.82) is 0 Å². The van der Waals surface area contributed by atoms with E-state index in [1.165, 1.54) is 18.2 Å². The molecule has 0 aliphatic heterocycles. The Labute approximate surface area is 126 Å². The molecule has 4 nitrogen and oxygen atoms in total. The first-order valence-electron chi connectivity index (χ1n) is 6.20. The summed E-state index contributed by atoms with van der Waals surface area (Å²) < 4.78 is 63.0. The Morgan fingerprint density at radius 3 is 2.43 bits per heavy atom. The van der Waals surface area contributed by atoms with Crippen molar-refractivity contribution >= 4 is 27.3 Å². The molecule has 9 heteroatoms. The minimum absolute atomic E-state index is 0.175. The van der Waals surface area contributed by atoms with E-state index in [0.29, 0.717) is 17.1 Å². The van der Waals surface area contributed by atoms with E-state index in [1.54, 1.807) is 6.92 Å². The Morgan fingerprint density at radius 2 is 1.95 bits per heavy atom. The topological polar surface area (TPSA) is 63.4 Å². The second-order valence-electron chi connectivity index (χ2n) is 4.47. The molecule has 2 N–H and O–H groups in total. The molecule has 0 saturated heterocycles. The van der Waals surface area contributed by atoms with Crippen molar-refractivity contribution in [3.63, 3.8) is 0 Å². The Balaban J connectivity index is 3.26. The number of hydrogen-bond donors (Lipinski definition) is 1. The fourth-order valence-electron chi connectivity index (χ4n) is 1.75. The molecule has 0 unspecified atom stereocenters. The maximum atomic E-state index is 12.6. The lowest BCUT2D eigenvalue weighted by Crippen LogP contribution is -2.39. The van der Waals surface area contributed by atoms with E-state index < -0.39 is 27.6 Å². The molecular formula is C12H16ClF3N2O2S. The van der Waals surface area contributed by atoms with Gasteiger partial charge < -0.3 is 5.73 Å². The van der Waals surface area contributed by atoms with Crippen LogP contribution < -0.4 is 5.73 Å². The molecule has 1 aromatic rings. The first-order chi connectivity index (χ1) is 9.59. The Bertz CT molecular complexity index is 570. The Morgan fingerprint density at radius 1 is 1.33 bits per heavy atom. The third-order valence-electron chi connectivity index (χ3n) is 2.71. The van der Waals surface area contributed by atoms with Gasteiger partial charge >= 0.3 is 6.18 Å². The number of unbranched alkanes of at least 4 members (excludes halogenated alkanes) is 1. The highest BCUT2D eigenvalue weighted by Gasteiger charge is 2.38. The molecule has 120 valence electrons. The molecule has 0 radical (unpaired) electrons. The summed E-state index contributed by atoms with van der Waals surface area (Å²) in [5.74, 6) is 0. The molecule has 1 aromatic carbocycles. The SMILES string of the molecule is CCCCN(CC(F)(F)F)S(=O)(=O)c1c(N)cccc1Cl. The summed E-state index contributed by atoms with van der Waals surface area (Å²) in [6.45, 7) is -0.0642. The van der Waals surface area contributed by atoms with Crippen LogP contribution >= 0.6 is 11.6 Å². The van der Waals surface area contributed by atoms with Crippen LogP contribution in [0, 0.1) is 0 Å². The maximum Gasteiger partial charge on any atom is 0.402 e. The number of nitrogen functional groups attached to an aromatic ring is 1. The van der Waals surface area contributed by atoms with Gasteiger partial charge in [-0.25, -0.2) is 8.42 Å². The van der Waals surface area contributed by atoms with Gasteiger partial charge in [0, 0.05) is 6.54 Å². The van der Waals surface area contributed by atoms with Crippen molar-refractivity contribution in [3.8, 4) is 0 Å². The quantitative estimate of drug-likeness (QED) is 0.805. The van der Waals surface area contributed by atoms with Crippen molar-refractivity contribution in [3.05, 3.63) is 23.2 Å². The molecule has 21 heavy (non-hydrogen) atoms. The minimum Gasteiger partial charge on any atom is -0.398 e. The van der Waals surface area contributed by atoms with Crippen LogP contribution in [0.15, 0.2) is 23.1 Å². The second kappa shape index (κ2) is 6.85. The highest BCUT2D eigenvalue weighted by Crippen LogP contribution is 2.31. The lowest BCUT2D eigenvalue weighted by Gasteiger charge is -2.24. The lowest BCUT2D eigenvalue weighted by atomic mass is 10.3. The predicted molar refractivity (Wildman–Crippen MR) is 75.6 cm³/mol. The zero-order valence-electron chi connectivity index (χ0n) is 11.3. The van der Waals surface area contributed by atoms with Crippen LogP contribution in [0.5, 0.6) is 0 Å². The van der Waals surface area contributed by atoms with E-state index in [0.717, 1.165) is 0 Å². The van der Waals surface area contributed by atoms with E-state index in [2.05, 4.69) is 0 Å². The largest absolute Gasteiger partial charge is 0.402 e. The molecule has 0 atom stereocenters. The number of halogens is 4. The highest BCUT2D eigenvalue weighted by atomic mass is 35.5. The summed E-state index contributed by atoms with van der Waals surface area (Å²) >= 11 is 5.80. The number of nitrogens with two attached hydrogens (primary N) is 1. The van der Waals surface area contributed by atoms with Gasteiger partial charge in [-0.3, -0.25) is 0 Å². The lowest BCUT2D eigenvalue weighted by molar-refractivity contribution is -0.136. The first kappa shape index (κ1) is 18.1. The van der Waals surface area contributed by atoms with Gasteiger partial charge in [0.05, 0.1) is 10.7 Å². The normalized spacial score (nSPS) is 12.9. The summed E-state index contributed by atoms with van der Waals surface area (Å²) in [5.41, 5.74) is 5.39. The predicted octanol–water partition coefficient (Wildman–Crippen LogP) is 3.28. The molecule has 0 spiro atoms. The van der Waals surface area contributed by atoms with E-state index in [9.17, 15) is 21.6 Å².